The Hall–Kier alpha value is -3.72. The highest BCUT2D eigenvalue weighted by Gasteiger charge is 2.35. The molecule has 2 aromatic carbocycles. The molecule has 0 bridgehead atoms. The van der Waals surface area contributed by atoms with Crippen LogP contribution in [0.3, 0.4) is 0 Å². The van der Waals surface area contributed by atoms with Gasteiger partial charge in [0.1, 0.15) is 11.3 Å². The number of piperazine rings is 1. The van der Waals surface area contributed by atoms with E-state index in [1.54, 1.807) is 12.3 Å². The molecule has 40 heavy (non-hydrogen) atoms. The zero-order chi connectivity index (χ0) is 28.3. The van der Waals surface area contributed by atoms with Crippen molar-refractivity contribution < 1.29 is 9.18 Å². The molecular formula is C30H33ClFN7O. The minimum Gasteiger partial charge on any atom is -0.349 e. The van der Waals surface area contributed by atoms with Crippen molar-refractivity contribution in [3.05, 3.63) is 53.5 Å². The molecule has 2 fully saturated rings. The number of anilines is 2. The molecule has 208 valence electrons. The predicted molar refractivity (Wildman–Crippen MR) is 159 cm³/mol. The monoisotopic (exact) mass is 561 g/mol. The zero-order valence-electron chi connectivity index (χ0n) is 23.2. The largest absolute Gasteiger partial charge is 0.349 e. The van der Waals surface area contributed by atoms with E-state index >= 15 is 4.39 Å². The molecule has 10 heteroatoms. The van der Waals surface area contributed by atoms with Crippen molar-refractivity contribution in [2.75, 3.05) is 36.0 Å². The minimum atomic E-state index is -0.474. The zero-order valence-corrected chi connectivity index (χ0v) is 24.0. The Balaban J connectivity index is 1.55. The third-order valence-corrected chi connectivity index (χ3v) is 8.76. The van der Waals surface area contributed by atoms with Crippen LogP contribution in [0.1, 0.15) is 32.8 Å². The number of carbonyl (C=O) groups is 1. The van der Waals surface area contributed by atoms with Crippen LogP contribution in [0.5, 0.6) is 0 Å². The molecular weight excluding hydrogens is 529 g/mol. The van der Waals surface area contributed by atoms with Crippen LogP contribution in [0.25, 0.3) is 32.9 Å². The van der Waals surface area contributed by atoms with Crippen LogP contribution in [0.4, 0.5) is 16.2 Å². The van der Waals surface area contributed by atoms with Crippen LogP contribution in [-0.2, 0) is 4.79 Å². The number of aromatic amines is 1. The van der Waals surface area contributed by atoms with E-state index in [1.165, 1.54) is 6.08 Å². The topological polar surface area (TPSA) is 81.3 Å². The van der Waals surface area contributed by atoms with E-state index in [-0.39, 0.29) is 28.5 Å². The maximum Gasteiger partial charge on any atom is 0.246 e. The van der Waals surface area contributed by atoms with Crippen molar-refractivity contribution in [2.24, 2.45) is 5.92 Å². The molecule has 2 aromatic heterocycles. The maximum absolute atomic E-state index is 16.8. The Morgan fingerprint density at radius 2 is 1.93 bits per heavy atom. The number of aromatic nitrogens is 4. The van der Waals surface area contributed by atoms with Crippen molar-refractivity contribution in [2.45, 2.75) is 46.2 Å². The van der Waals surface area contributed by atoms with Gasteiger partial charge in [-0.15, -0.1) is 0 Å². The molecule has 0 radical (unpaired) electrons. The summed E-state index contributed by atoms with van der Waals surface area (Å²) in [6.45, 7) is 14.5. The fraction of sp³-hybridized carbons (Fsp3) is 0.400. The molecule has 1 amide bonds. The summed E-state index contributed by atoms with van der Waals surface area (Å²) < 4.78 is 16.8. The summed E-state index contributed by atoms with van der Waals surface area (Å²) in [5, 5.41) is 8.79. The van der Waals surface area contributed by atoms with Crippen LogP contribution in [-0.4, -0.2) is 69.2 Å². The highest BCUT2D eigenvalue weighted by atomic mass is 35.5. The third kappa shape index (κ3) is 4.18. The van der Waals surface area contributed by atoms with Gasteiger partial charge in [-0.05, 0) is 56.9 Å². The lowest BCUT2D eigenvalue weighted by molar-refractivity contribution is -0.128. The lowest BCUT2D eigenvalue weighted by Gasteiger charge is -2.45. The number of carbonyl (C=O) groups excluding carboxylic acids is 1. The Morgan fingerprint density at radius 3 is 2.65 bits per heavy atom. The van der Waals surface area contributed by atoms with Gasteiger partial charge >= 0.3 is 0 Å². The van der Waals surface area contributed by atoms with Gasteiger partial charge in [-0.3, -0.25) is 9.89 Å². The molecule has 0 saturated carbocycles. The molecule has 0 unspecified atom stereocenters. The normalized spacial score (nSPS) is 19.9. The fourth-order valence-electron chi connectivity index (χ4n) is 6.05. The van der Waals surface area contributed by atoms with Gasteiger partial charge in [-0.2, -0.15) is 10.1 Å². The second-order valence-corrected chi connectivity index (χ2v) is 11.5. The highest BCUT2D eigenvalue weighted by molar-refractivity contribution is 6.35. The maximum atomic E-state index is 16.8. The summed E-state index contributed by atoms with van der Waals surface area (Å²) in [6, 6.07) is 5.51. The van der Waals surface area contributed by atoms with E-state index in [9.17, 15) is 4.79 Å². The Kier molecular flexibility index (Phi) is 6.65. The summed E-state index contributed by atoms with van der Waals surface area (Å²) >= 11 is 6.90. The number of aryl methyl sites for hydroxylation is 1. The number of fused-ring (bicyclic) bond motifs is 2. The van der Waals surface area contributed by atoms with Gasteiger partial charge in [-0.1, -0.05) is 31.2 Å². The minimum absolute atomic E-state index is 0.0609. The number of H-pyrrole nitrogens is 1. The van der Waals surface area contributed by atoms with Gasteiger partial charge in [0.15, 0.2) is 5.82 Å². The second-order valence-electron chi connectivity index (χ2n) is 11.1. The Labute approximate surface area is 237 Å². The van der Waals surface area contributed by atoms with Gasteiger partial charge in [-0.25, -0.2) is 9.37 Å². The van der Waals surface area contributed by atoms with Crippen molar-refractivity contribution in [3.63, 3.8) is 0 Å². The Bertz CT molecular complexity index is 1650. The van der Waals surface area contributed by atoms with E-state index in [1.807, 2.05) is 30.9 Å². The van der Waals surface area contributed by atoms with Gasteiger partial charge < -0.3 is 14.7 Å². The third-order valence-electron chi connectivity index (χ3n) is 8.47. The molecule has 8 nitrogen and oxygen atoms in total. The molecule has 2 atom stereocenters. The number of halogens is 2. The van der Waals surface area contributed by atoms with Crippen LogP contribution in [0.15, 0.2) is 37.1 Å². The first-order chi connectivity index (χ1) is 19.2. The second kappa shape index (κ2) is 10.0. The van der Waals surface area contributed by atoms with Crippen LogP contribution < -0.4 is 9.80 Å². The fourth-order valence-corrected chi connectivity index (χ4v) is 6.34. The van der Waals surface area contributed by atoms with E-state index < -0.39 is 5.82 Å². The van der Waals surface area contributed by atoms with Gasteiger partial charge in [0, 0.05) is 60.2 Å². The number of hydrogen-bond acceptors (Lipinski definition) is 6. The summed E-state index contributed by atoms with van der Waals surface area (Å²) in [5.41, 5.74) is 2.95. The van der Waals surface area contributed by atoms with E-state index in [2.05, 4.69) is 40.4 Å². The average molecular weight is 562 g/mol. The quantitative estimate of drug-likeness (QED) is 0.313. The predicted octanol–water partition coefficient (Wildman–Crippen LogP) is 5.73. The average Bonchev–Trinajstić information content (AvgIpc) is 3.39. The standard InChI is InChI=1S/C30H33ClFN7O/c1-6-19-14-37(15-19)30-34-28-20(29(35-30)39-13-17(4)38(12-18(39)5)24(40)7-2)10-22(31)26(27(28)32)25-16(3)8-9-23-21(25)11-33-36-23/h7-11,17-19H,2,6,12-15H2,1,3-5H3,(H,33,36)/t17-,18+/m1/s1. The summed E-state index contributed by atoms with van der Waals surface area (Å²) in [4.78, 5) is 28.4. The van der Waals surface area contributed by atoms with Gasteiger partial charge in [0.05, 0.1) is 16.7 Å². The molecule has 0 spiro atoms. The van der Waals surface area contributed by atoms with E-state index in [0.717, 1.165) is 36.0 Å². The van der Waals surface area contributed by atoms with Crippen molar-refractivity contribution >= 4 is 51.1 Å². The molecule has 0 aliphatic carbocycles. The van der Waals surface area contributed by atoms with E-state index in [0.29, 0.717) is 47.3 Å². The smallest absolute Gasteiger partial charge is 0.246 e. The first-order valence-electron chi connectivity index (χ1n) is 13.8. The van der Waals surface area contributed by atoms with Gasteiger partial charge in [0.2, 0.25) is 11.9 Å². The van der Waals surface area contributed by atoms with Crippen LogP contribution in [0.2, 0.25) is 5.02 Å². The van der Waals surface area contributed by atoms with Crippen LogP contribution in [0, 0.1) is 18.7 Å². The van der Waals surface area contributed by atoms with Crippen molar-refractivity contribution in [3.8, 4) is 11.1 Å². The molecule has 2 aliphatic rings. The summed E-state index contributed by atoms with van der Waals surface area (Å²) in [5.74, 6) is 1.15. The van der Waals surface area contributed by atoms with Crippen molar-refractivity contribution in [1.29, 1.82) is 0 Å². The molecule has 2 aliphatic heterocycles. The lowest BCUT2D eigenvalue weighted by atomic mass is 9.95. The number of hydrogen-bond donors (Lipinski definition) is 1. The number of nitrogens with zero attached hydrogens (tertiary/aromatic N) is 6. The molecule has 4 aromatic rings. The molecule has 6 rings (SSSR count). The number of amides is 1. The van der Waals surface area contributed by atoms with Gasteiger partial charge in [0.25, 0.3) is 0 Å². The SMILES string of the molecule is C=CC(=O)N1C[C@H](C)N(c2nc(N3CC(CC)C3)nc3c(F)c(-c4c(C)ccc5[nH]ncc45)c(Cl)cc23)C[C@H]1C. The summed E-state index contributed by atoms with van der Waals surface area (Å²) in [7, 11) is 0. The first kappa shape index (κ1) is 26.5. The number of benzene rings is 2. The first-order valence-corrected chi connectivity index (χ1v) is 14.2. The molecule has 4 heterocycles. The molecule has 1 N–H and O–H groups in total. The van der Waals surface area contributed by atoms with Crippen LogP contribution >= 0.6 is 11.6 Å². The van der Waals surface area contributed by atoms with E-state index in [4.69, 9.17) is 21.6 Å². The number of rotatable bonds is 5. The van der Waals surface area contributed by atoms with Crippen molar-refractivity contribution in [1.82, 2.24) is 25.1 Å². The lowest BCUT2D eigenvalue weighted by Crippen LogP contribution is -2.58. The highest BCUT2D eigenvalue weighted by Crippen LogP contribution is 2.43. The Morgan fingerprint density at radius 1 is 1.15 bits per heavy atom. The molecule has 2 saturated heterocycles. The summed E-state index contributed by atoms with van der Waals surface area (Å²) in [6.07, 6.45) is 4.13. The number of nitrogens with one attached hydrogen (secondary N) is 1.